The van der Waals surface area contributed by atoms with Crippen molar-refractivity contribution in [2.24, 2.45) is 5.92 Å². The van der Waals surface area contributed by atoms with Gasteiger partial charge in [-0.3, -0.25) is 4.79 Å². The lowest BCUT2D eigenvalue weighted by atomic mass is 10.2. The van der Waals surface area contributed by atoms with Crippen molar-refractivity contribution >= 4 is 35.0 Å². The maximum absolute atomic E-state index is 11.8. The number of thioether (sulfide) groups is 1. The summed E-state index contributed by atoms with van der Waals surface area (Å²) >= 11 is 7.51. The highest BCUT2D eigenvalue weighted by Gasteiger charge is 2.15. The smallest absolute Gasteiger partial charge is 0.233 e. The van der Waals surface area contributed by atoms with Crippen LogP contribution in [0.3, 0.4) is 0 Å². The van der Waals surface area contributed by atoms with Gasteiger partial charge >= 0.3 is 0 Å². The quantitative estimate of drug-likeness (QED) is 0.646. The Morgan fingerprint density at radius 2 is 2.11 bits per heavy atom. The van der Waals surface area contributed by atoms with Crippen LogP contribution < -0.4 is 11.1 Å². The first kappa shape index (κ1) is 15.2. The number of amides is 1. The summed E-state index contributed by atoms with van der Waals surface area (Å²) in [7, 11) is 0. The molecule has 1 aromatic rings. The van der Waals surface area contributed by atoms with E-state index in [1.807, 2.05) is 13.0 Å². The Kier molecular flexibility index (Phi) is 5.82. The van der Waals surface area contributed by atoms with Crippen LogP contribution in [0.2, 0.25) is 5.02 Å². The third-order valence-corrected chi connectivity index (χ3v) is 3.92. The van der Waals surface area contributed by atoms with Crippen molar-refractivity contribution in [2.45, 2.75) is 30.9 Å². The Morgan fingerprint density at radius 3 is 2.67 bits per heavy atom. The summed E-state index contributed by atoms with van der Waals surface area (Å²) in [5.74, 6) is 0.479. The molecular weight excluding hydrogens is 268 g/mol. The lowest BCUT2D eigenvalue weighted by molar-refractivity contribution is -0.120. The third-order valence-electron chi connectivity index (χ3n) is 2.31. The first-order chi connectivity index (χ1) is 8.40. The molecule has 1 aromatic carbocycles. The zero-order valence-corrected chi connectivity index (χ0v) is 12.4. The van der Waals surface area contributed by atoms with E-state index in [0.29, 0.717) is 23.2 Å². The van der Waals surface area contributed by atoms with Gasteiger partial charge in [0.2, 0.25) is 5.91 Å². The van der Waals surface area contributed by atoms with E-state index in [0.717, 1.165) is 4.90 Å². The molecule has 100 valence electrons. The van der Waals surface area contributed by atoms with Crippen molar-refractivity contribution in [2.75, 3.05) is 12.3 Å². The van der Waals surface area contributed by atoms with E-state index in [-0.39, 0.29) is 11.2 Å². The summed E-state index contributed by atoms with van der Waals surface area (Å²) in [5.41, 5.74) is 6.25. The lowest BCUT2D eigenvalue weighted by Crippen LogP contribution is -2.33. The number of benzene rings is 1. The van der Waals surface area contributed by atoms with Gasteiger partial charge in [0.25, 0.3) is 0 Å². The van der Waals surface area contributed by atoms with E-state index in [4.69, 9.17) is 17.3 Å². The average molecular weight is 287 g/mol. The van der Waals surface area contributed by atoms with E-state index in [9.17, 15) is 4.79 Å². The molecule has 1 unspecified atom stereocenters. The minimum Gasteiger partial charge on any atom is -0.399 e. The van der Waals surface area contributed by atoms with Gasteiger partial charge in [-0.25, -0.2) is 0 Å². The molecule has 0 aliphatic carbocycles. The molecule has 0 heterocycles. The summed E-state index contributed by atoms with van der Waals surface area (Å²) in [6.07, 6.45) is 0. The Labute approximate surface area is 117 Å². The molecule has 0 aliphatic heterocycles. The van der Waals surface area contributed by atoms with Crippen molar-refractivity contribution in [1.82, 2.24) is 5.32 Å². The molecule has 18 heavy (non-hydrogen) atoms. The molecule has 1 atom stereocenters. The average Bonchev–Trinajstić information content (AvgIpc) is 2.29. The van der Waals surface area contributed by atoms with Gasteiger partial charge in [-0.1, -0.05) is 25.4 Å². The van der Waals surface area contributed by atoms with E-state index < -0.39 is 0 Å². The van der Waals surface area contributed by atoms with Crippen molar-refractivity contribution in [1.29, 1.82) is 0 Å². The molecule has 0 bridgehead atoms. The molecule has 0 fully saturated rings. The minimum absolute atomic E-state index is 0.0293. The molecule has 0 aromatic heterocycles. The predicted molar refractivity (Wildman–Crippen MR) is 79.0 cm³/mol. The number of hydrogen-bond donors (Lipinski definition) is 2. The second kappa shape index (κ2) is 6.90. The van der Waals surface area contributed by atoms with Crippen molar-refractivity contribution in [3.8, 4) is 0 Å². The maximum Gasteiger partial charge on any atom is 0.233 e. The maximum atomic E-state index is 11.8. The molecule has 0 radical (unpaired) electrons. The molecular formula is C13H19ClN2OS. The second-order valence-electron chi connectivity index (χ2n) is 4.59. The van der Waals surface area contributed by atoms with Gasteiger partial charge in [0, 0.05) is 17.1 Å². The van der Waals surface area contributed by atoms with Crippen LogP contribution in [0.4, 0.5) is 5.69 Å². The number of hydrogen-bond acceptors (Lipinski definition) is 3. The Hall–Kier alpha value is -0.870. The highest BCUT2D eigenvalue weighted by molar-refractivity contribution is 8.00. The van der Waals surface area contributed by atoms with Crippen LogP contribution in [0.1, 0.15) is 20.8 Å². The zero-order valence-electron chi connectivity index (χ0n) is 10.9. The number of nitrogens with one attached hydrogen (secondary N) is 1. The van der Waals surface area contributed by atoms with Gasteiger partial charge in [-0.05, 0) is 31.0 Å². The van der Waals surface area contributed by atoms with E-state index in [2.05, 4.69) is 19.2 Å². The molecule has 3 N–H and O–H groups in total. The molecule has 5 heteroatoms. The highest BCUT2D eigenvalue weighted by Crippen LogP contribution is 2.31. The standard InChI is InChI=1S/C13H19ClN2OS/c1-8(2)7-16-13(17)9(3)18-12-5-4-10(15)6-11(12)14/h4-6,8-9H,7,15H2,1-3H3,(H,16,17). The number of nitrogen functional groups attached to an aromatic ring is 1. The summed E-state index contributed by atoms with van der Waals surface area (Å²) < 4.78 is 0. The summed E-state index contributed by atoms with van der Waals surface area (Å²) in [6, 6.07) is 5.32. The number of halogens is 1. The second-order valence-corrected chi connectivity index (χ2v) is 6.38. The molecule has 1 amide bonds. The van der Waals surface area contributed by atoms with Crippen LogP contribution in [0.15, 0.2) is 23.1 Å². The van der Waals surface area contributed by atoms with Gasteiger partial charge in [-0.2, -0.15) is 0 Å². The fraction of sp³-hybridized carbons (Fsp3) is 0.462. The minimum atomic E-state index is -0.176. The Bertz CT molecular complexity index is 423. The van der Waals surface area contributed by atoms with Gasteiger partial charge in [-0.15, -0.1) is 11.8 Å². The summed E-state index contributed by atoms with van der Waals surface area (Å²) in [4.78, 5) is 12.7. The van der Waals surface area contributed by atoms with E-state index in [1.54, 1.807) is 12.1 Å². The van der Waals surface area contributed by atoms with Gasteiger partial charge in [0.15, 0.2) is 0 Å². The molecule has 0 aliphatic rings. The molecule has 3 nitrogen and oxygen atoms in total. The summed E-state index contributed by atoms with van der Waals surface area (Å²) in [6.45, 7) is 6.69. The number of rotatable bonds is 5. The molecule has 0 saturated heterocycles. The van der Waals surface area contributed by atoms with Crippen LogP contribution in [-0.4, -0.2) is 17.7 Å². The molecule has 0 saturated carbocycles. The number of anilines is 1. The van der Waals surface area contributed by atoms with Crippen LogP contribution in [-0.2, 0) is 4.79 Å². The fourth-order valence-corrected chi connectivity index (χ4v) is 2.52. The number of nitrogens with two attached hydrogens (primary N) is 1. The van der Waals surface area contributed by atoms with Gasteiger partial charge in [0.1, 0.15) is 0 Å². The van der Waals surface area contributed by atoms with Gasteiger partial charge < -0.3 is 11.1 Å². The monoisotopic (exact) mass is 286 g/mol. The van der Waals surface area contributed by atoms with Crippen molar-refractivity contribution in [3.63, 3.8) is 0 Å². The predicted octanol–water partition coefficient (Wildman–Crippen LogP) is 3.18. The van der Waals surface area contributed by atoms with E-state index in [1.165, 1.54) is 11.8 Å². The van der Waals surface area contributed by atoms with Crippen LogP contribution in [0.25, 0.3) is 0 Å². The summed E-state index contributed by atoms with van der Waals surface area (Å²) in [5, 5.41) is 3.32. The first-order valence-electron chi connectivity index (χ1n) is 5.89. The normalized spacial score (nSPS) is 12.5. The van der Waals surface area contributed by atoms with E-state index >= 15 is 0 Å². The van der Waals surface area contributed by atoms with Crippen LogP contribution in [0.5, 0.6) is 0 Å². The third kappa shape index (κ3) is 4.78. The fourth-order valence-electron chi connectivity index (χ4n) is 1.31. The van der Waals surface area contributed by atoms with Crippen molar-refractivity contribution < 1.29 is 4.79 Å². The van der Waals surface area contributed by atoms with Crippen LogP contribution in [0, 0.1) is 5.92 Å². The van der Waals surface area contributed by atoms with Gasteiger partial charge in [0.05, 0.1) is 10.3 Å². The SMILES string of the molecule is CC(C)CNC(=O)C(C)Sc1ccc(N)cc1Cl. The highest BCUT2D eigenvalue weighted by atomic mass is 35.5. The molecule has 1 rings (SSSR count). The Morgan fingerprint density at radius 1 is 1.44 bits per heavy atom. The largest absolute Gasteiger partial charge is 0.399 e. The molecule has 0 spiro atoms. The van der Waals surface area contributed by atoms with Crippen molar-refractivity contribution in [3.05, 3.63) is 23.2 Å². The number of carbonyl (C=O) groups excluding carboxylic acids is 1. The topological polar surface area (TPSA) is 55.1 Å². The Balaban J connectivity index is 2.58. The number of carbonyl (C=O) groups is 1. The lowest BCUT2D eigenvalue weighted by Gasteiger charge is -2.14. The zero-order chi connectivity index (χ0) is 13.7. The first-order valence-corrected chi connectivity index (χ1v) is 7.15. The van der Waals surface area contributed by atoms with Crippen LogP contribution >= 0.6 is 23.4 Å².